The van der Waals surface area contributed by atoms with E-state index in [1.54, 1.807) is 0 Å². The van der Waals surface area contributed by atoms with Crippen molar-refractivity contribution in [2.45, 2.75) is 95.2 Å². The van der Waals surface area contributed by atoms with Crippen LogP contribution in [0.4, 0.5) is 0 Å². The van der Waals surface area contributed by atoms with Crippen molar-refractivity contribution in [2.24, 2.45) is 5.92 Å². The Morgan fingerprint density at radius 3 is 1.98 bits per heavy atom. The van der Waals surface area contributed by atoms with Crippen LogP contribution in [0, 0.1) is 5.92 Å². The molecule has 0 saturated carbocycles. The molecule has 0 aromatic heterocycles. The summed E-state index contributed by atoms with van der Waals surface area (Å²) < 4.78 is 5.55. The summed E-state index contributed by atoms with van der Waals surface area (Å²) in [5.74, 6) is -0.244. The molecule has 1 heterocycles. The van der Waals surface area contributed by atoms with Crippen molar-refractivity contribution < 1.29 is 24.9 Å². The number of benzene rings is 3. The van der Waals surface area contributed by atoms with Gasteiger partial charge in [-0.3, -0.25) is 4.79 Å². The molecule has 0 radical (unpaired) electrons. The van der Waals surface area contributed by atoms with E-state index in [1.165, 1.54) is 0 Å². The minimum absolute atomic E-state index is 0.120. The second-order valence-electron chi connectivity index (χ2n) is 13.1. The summed E-state index contributed by atoms with van der Waals surface area (Å²) in [7, 11) is 0. The lowest BCUT2D eigenvalue weighted by molar-refractivity contribution is -0.153. The predicted molar refractivity (Wildman–Crippen MR) is 184 cm³/mol. The number of ether oxygens (including phenoxy) is 1. The molecule has 1 fully saturated rings. The maximum Gasteiger partial charge on any atom is 0.318 e. The standard InChI is InChI=1S/C40H55NO5/c1-3-5-6-13-26-39(31-42,38(44)46-30-4-2)33-22-20-32(21-23-33)37(43)19-14-27-41-28-24-36(25-29-41)40(45,34-15-9-7-10-16-34)35-17-11-8-12-18-35/h7-12,15-18,20-23,36-37,42-43,45H,3-6,13-14,19,24-31H2,1-2H3. The zero-order valence-electron chi connectivity index (χ0n) is 27.9. The average Bonchev–Trinajstić information content (AvgIpc) is 3.11. The maximum atomic E-state index is 13.2. The number of carbonyl (C=O) groups excluding carboxylic acids is 1. The highest BCUT2D eigenvalue weighted by Gasteiger charge is 2.42. The van der Waals surface area contributed by atoms with E-state index in [0.29, 0.717) is 19.4 Å². The molecule has 3 aromatic carbocycles. The van der Waals surface area contributed by atoms with Crippen LogP contribution >= 0.6 is 0 Å². The molecule has 0 bridgehead atoms. The van der Waals surface area contributed by atoms with Crippen LogP contribution in [-0.4, -0.2) is 59.0 Å². The number of likely N-dealkylation sites (tertiary alicyclic amines) is 1. The van der Waals surface area contributed by atoms with E-state index >= 15 is 0 Å². The Kier molecular flexibility index (Phi) is 13.8. The normalized spacial score (nSPS) is 16.5. The smallest absolute Gasteiger partial charge is 0.318 e. The second kappa shape index (κ2) is 17.8. The Balaban J connectivity index is 1.32. The summed E-state index contributed by atoms with van der Waals surface area (Å²) in [5.41, 5.74) is 1.35. The molecule has 4 rings (SSSR count). The van der Waals surface area contributed by atoms with Crippen LogP contribution in [0.1, 0.15) is 106 Å². The average molecular weight is 630 g/mol. The first-order valence-electron chi connectivity index (χ1n) is 17.5. The highest BCUT2D eigenvalue weighted by molar-refractivity contribution is 5.83. The SMILES string of the molecule is CCCCCCC(CO)(C(=O)OCCC)c1ccc(C(O)CCCN2CCC(C(O)(c3ccccc3)c3ccccc3)CC2)cc1. The van der Waals surface area contributed by atoms with Crippen LogP contribution in [0.3, 0.4) is 0 Å². The molecule has 3 N–H and O–H groups in total. The second-order valence-corrected chi connectivity index (χ2v) is 13.1. The quantitative estimate of drug-likeness (QED) is 0.101. The van der Waals surface area contributed by atoms with Gasteiger partial charge in [0.25, 0.3) is 0 Å². The van der Waals surface area contributed by atoms with Crippen molar-refractivity contribution in [1.29, 1.82) is 0 Å². The van der Waals surface area contributed by atoms with Gasteiger partial charge in [-0.2, -0.15) is 0 Å². The number of aliphatic hydroxyl groups is 3. The van der Waals surface area contributed by atoms with Gasteiger partial charge in [-0.25, -0.2) is 0 Å². The van der Waals surface area contributed by atoms with Crippen LogP contribution < -0.4 is 0 Å². The number of piperidine rings is 1. The van der Waals surface area contributed by atoms with Gasteiger partial charge in [0.05, 0.1) is 19.3 Å². The molecule has 2 atom stereocenters. The van der Waals surface area contributed by atoms with E-state index < -0.39 is 17.1 Å². The van der Waals surface area contributed by atoms with Crippen LogP contribution in [0.15, 0.2) is 84.9 Å². The van der Waals surface area contributed by atoms with Crippen LogP contribution in [0.2, 0.25) is 0 Å². The third kappa shape index (κ3) is 8.65. The number of rotatable bonds is 18. The summed E-state index contributed by atoms with van der Waals surface area (Å²) in [6.45, 7) is 6.87. The molecule has 0 amide bonds. The van der Waals surface area contributed by atoms with Crippen molar-refractivity contribution in [2.75, 3.05) is 32.8 Å². The van der Waals surface area contributed by atoms with Gasteiger partial charge in [0.15, 0.2) is 0 Å². The summed E-state index contributed by atoms with van der Waals surface area (Å²) in [6.07, 6.45) is 8.01. The first kappa shape index (κ1) is 35.8. The Bertz CT molecular complexity index is 1250. The molecule has 1 aliphatic rings. The van der Waals surface area contributed by atoms with Crippen LogP contribution in [0.5, 0.6) is 0 Å². The van der Waals surface area contributed by atoms with Gasteiger partial charge in [-0.05, 0) is 86.3 Å². The molecule has 6 nitrogen and oxygen atoms in total. The van der Waals surface area contributed by atoms with Gasteiger partial charge in [-0.1, -0.05) is 124 Å². The van der Waals surface area contributed by atoms with Crippen molar-refractivity contribution >= 4 is 5.97 Å². The minimum atomic E-state index is -1.08. The van der Waals surface area contributed by atoms with E-state index in [2.05, 4.69) is 11.8 Å². The predicted octanol–water partition coefficient (Wildman–Crippen LogP) is 7.30. The first-order valence-corrected chi connectivity index (χ1v) is 17.5. The lowest BCUT2D eigenvalue weighted by Gasteiger charge is -2.42. The minimum Gasteiger partial charge on any atom is -0.465 e. The van der Waals surface area contributed by atoms with Gasteiger partial charge in [0.1, 0.15) is 11.0 Å². The fourth-order valence-corrected chi connectivity index (χ4v) is 7.08. The van der Waals surface area contributed by atoms with Gasteiger partial charge in [0, 0.05) is 0 Å². The molecule has 46 heavy (non-hydrogen) atoms. The largest absolute Gasteiger partial charge is 0.465 e. The molecule has 2 unspecified atom stereocenters. The number of aliphatic hydroxyl groups excluding tert-OH is 2. The van der Waals surface area contributed by atoms with E-state index in [4.69, 9.17) is 4.74 Å². The fourth-order valence-electron chi connectivity index (χ4n) is 7.08. The van der Waals surface area contributed by atoms with E-state index in [1.807, 2.05) is 91.9 Å². The van der Waals surface area contributed by atoms with Crippen molar-refractivity contribution in [3.63, 3.8) is 0 Å². The highest BCUT2D eigenvalue weighted by atomic mass is 16.5. The molecular formula is C40H55NO5. The van der Waals surface area contributed by atoms with E-state index in [-0.39, 0.29) is 18.5 Å². The molecule has 1 aliphatic heterocycles. The first-order chi connectivity index (χ1) is 22.4. The third-order valence-corrected chi connectivity index (χ3v) is 9.96. The van der Waals surface area contributed by atoms with Crippen molar-refractivity contribution in [3.05, 3.63) is 107 Å². The number of esters is 1. The van der Waals surface area contributed by atoms with Crippen molar-refractivity contribution in [1.82, 2.24) is 4.90 Å². The molecule has 3 aromatic rings. The Morgan fingerprint density at radius 2 is 1.43 bits per heavy atom. The maximum absolute atomic E-state index is 13.2. The van der Waals surface area contributed by atoms with E-state index in [0.717, 1.165) is 93.3 Å². The van der Waals surface area contributed by atoms with Crippen LogP contribution in [-0.2, 0) is 20.5 Å². The Hall–Kier alpha value is -3.03. The van der Waals surface area contributed by atoms with Crippen molar-refractivity contribution in [3.8, 4) is 0 Å². The lowest BCUT2D eigenvalue weighted by Crippen LogP contribution is -2.44. The number of nitrogens with zero attached hydrogens (tertiary/aromatic N) is 1. The third-order valence-electron chi connectivity index (χ3n) is 9.96. The van der Waals surface area contributed by atoms with Gasteiger partial charge >= 0.3 is 5.97 Å². The van der Waals surface area contributed by atoms with Gasteiger partial charge < -0.3 is 25.0 Å². The summed E-state index contributed by atoms with van der Waals surface area (Å²) in [6, 6.07) is 27.6. The number of unbranched alkanes of at least 4 members (excludes halogenated alkanes) is 3. The fraction of sp³-hybridized carbons (Fsp3) is 0.525. The Labute approximate surface area is 276 Å². The number of hydrogen-bond acceptors (Lipinski definition) is 6. The summed E-state index contributed by atoms with van der Waals surface area (Å²) in [4.78, 5) is 15.6. The molecule has 0 aliphatic carbocycles. The number of carbonyl (C=O) groups is 1. The molecule has 6 heteroatoms. The highest BCUT2D eigenvalue weighted by Crippen LogP contribution is 2.42. The topological polar surface area (TPSA) is 90.2 Å². The molecular weight excluding hydrogens is 574 g/mol. The zero-order valence-corrected chi connectivity index (χ0v) is 27.9. The Morgan fingerprint density at radius 1 is 0.826 bits per heavy atom. The van der Waals surface area contributed by atoms with E-state index in [9.17, 15) is 20.1 Å². The van der Waals surface area contributed by atoms with Crippen LogP contribution in [0.25, 0.3) is 0 Å². The molecule has 1 saturated heterocycles. The molecule has 250 valence electrons. The summed E-state index contributed by atoms with van der Waals surface area (Å²) in [5, 5.41) is 33.7. The lowest BCUT2D eigenvalue weighted by atomic mass is 9.72. The number of hydrogen-bond donors (Lipinski definition) is 3. The monoisotopic (exact) mass is 629 g/mol. The zero-order chi connectivity index (χ0) is 32.8. The summed E-state index contributed by atoms with van der Waals surface area (Å²) >= 11 is 0. The van der Waals surface area contributed by atoms with Gasteiger partial charge in [-0.15, -0.1) is 0 Å². The molecule has 0 spiro atoms. The van der Waals surface area contributed by atoms with Gasteiger partial charge in [0.2, 0.25) is 0 Å².